The van der Waals surface area contributed by atoms with E-state index >= 15 is 0 Å². The van der Waals surface area contributed by atoms with Crippen molar-refractivity contribution in [2.24, 2.45) is 5.92 Å². The summed E-state index contributed by atoms with van der Waals surface area (Å²) < 4.78 is 30.4. The lowest BCUT2D eigenvalue weighted by Gasteiger charge is -2.14. The van der Waals surface area contributed by atoms with Gasteiger partial charge in [-0.3, -0.25) is 0 Å². The van der Waals surface area contributed by atoms with E-state index in [-0.39, 0.29) is 11.7 Å². The van der Waals surface area contributed by atoms with Gasteiger partial charge in [-0.25, -0.2) is 8.42 Å². The zero-order valence-corrected chi connectivity index (χ0v) is 11.2. The van der Waals surface area contributed by atoms with E-state index in [9.17, 15) is 8.42 Å². The molecule has 1 aromatic carbocycles. The molecule has 1 unspecified atom stereocenters. The molecule has 100 valence electrons. The molecular formula is C12H18N2O3S. The predicted octanol–water partition coefficient (Wildman–Crippen LogP) is 0.929. The standard InChI is InChI=1S/C12H18N2O3S/c1-10-8-14(18(15,16)9-10)6-7-17-12-4-2-11(13)3-5-12/h2-5,10H,6-9,13H2,1H3. The number of nitrogens with zero attached hydrogens (tertiary/aromatic N) is 1. The van der Waals surface area contributed by atoms with Crippen LogP contribution in [0.3, 0.4) is 0 Å². The monoisotopic (exact) mass is 270 g/mol. The van der Waals surface area contributed by atoms with Crippen molar-refractivity contribution in [3.8, 4) is 5.75 Å². The number of benzene rings is 1. The average molecular weight is 270 g/mol. The summed E-state index contributed by atoms with van der Waals surface area (Å²) in [6, 6.07) is 7.06. The van der Waals surface area contributed by atoms with E-state index in [2.05, 4.69) is 0 Å². The Balaban J connectivity index is 1.84. The summed E-state index contributed by atoms with van der Waals surface area (Å²) in [4.78, 5) is 0. The molecule has 0 aromatic heterocycles. The quantitative estimate of drug-likeness (QED) is 0.826. The van der Waals surface area contributed by atoms with E-state index in [0.29, 0.717) is 31.1 Å². The molecule has 1 aliphatic heterocycles. The Hall–Kier alpha value is -1.27. The minimum Gasteiger partial charge on any atom is -0.492 e. The lowest BCUT2D eigenvalue weighted by molar-refractivity contribution is 0.273. The highest BCUT2D eigenvalue weighted by atomic mass is 32.2. The van der Waals surface area contributed by atoms with Crippen molar-refractivity contribution in [3.05, 3.63) is 24.3 Å². The predicted molar refractivity (Wildman–Crippen MR) is 70.9 cm³/mol. The first-order valence-corrected chi connectivity index (χ1v) is 7.54. The number of hydrogen-bond donors (Lipinski definition) is 1. The van der Waals surface area contributed by atoms with Crippen molar-refractivity contribution in [1.82, 2.24) is 4.31 Å². The van der Waals surface area contributed by atoms with E-state index in [4.69, 9.17) is 10.5 Å². The number of hydrogen-bond acceptors (Lipinski definition) is 4. The Morgan fingerprint density at radius 2 is 2.06 bits per heavy atom. The van der Waals surface area contributed by atoms with Gasteiger partial charge < -0.3 is 10.5 Å². The van der Waals surface area contributed by atoms with Gasteiger partial charge in [0.1, 0.15) is 12.4 Å². The van der Waals surface area contributed by atoms with Crippen LogP contribution in [-0.4, -0.2) is 38.2 Å². The lowest BCUT2D eigenvalue weighted by Crippen LogP contribution is -2.30. The maximum absolute atomic E-state index is 11.7. The molecule has 1 heterocycles. The Labute approximate surface area is 108 Å². The first-order chi connectivity index (χ1) is 8.47. The Kier molecular flexibility index (Phi) is 3.77. The van der Waals surface area contributed by atoms with Gasteiger partial charge in [0, 0.05) is 18.8 Å². The second-order valence-corrected chi connectivity index (χ2v) is 6.67. The molecule has 1 saturated heterocycles. The summed E-state index contributed by atoms with van der Waals surface area (Å²) in [5.41, 5.74) is 6.24. The highest BCUT2D eigenvalue weighted by molar-refractivity contribution is 7.89. The zero-order chi connectivity index (χ0) is 13.2. The average Bonchev–Trinajstić information content (AvgIpc) is 2.55. The summed E-state index contributed by atoms with van der Waals surface area (Å²) in [7, 11) is -3.06. The third-order valence-electron chi connectivity index (χ3n) is 2.89. The molecule has 6 heteroatoms. The van der Waals surface area contributed by atoms with Gasteiger partial charge in [-0.05, 0) is 30.2 Å². The summed E-state index contributed by atoms with van der Waals surface area (Å²) in [5, 5.41) is 0. The number of sulfonamides is 1. The van der Waals surface area contributed by atoms with Gasteiger partial charge in [0.25, 0.3) is 0 Å². The van der Waals surface area contributed by atoms with E-state index in [1.807, 2.05) is 6.92 Å². The first-order valence-electron chi connectivity index (χ1n) is 5.93. The topological polar surface area (TPSA) is 72.6 Å². The van der Waals surface area contributed by atoms with E-state index in [1.54, 1.807) is 24.3 Å². The fourth-order valence-electron chi connectivity index (χ4n) is 2.04. The molecule has 0 bridgehead atoms. The van der Waals surface area contributed by atoms with Gasteiger partial charge in [-0.2, -0.15) is 4.31 Å². The molecule has 2 rings (SSSR count). The molecule has 0 saturated carbocycles. The summed E-state index contributed by atoms with van der Waals surface area (Å²) >= 11 is 0. The Bertz CT molecular complexity index is 499. The van der Waals surface area contributed by atoms with Crippen molar-refractivity contribution < 1.29 is 13.2 Å². The van der Waals surface area contributed by atoms with Crippen molar-refractivity contribution in [3.63, 3.8) is 0 Å². The molecule has 1 aliphatic rings. The maximum atomic E-state index is 11.7. The zero-order valence-electron chi connectivity index (χ0n) is 10.4. The number of anilines is 1. The normalized spacial score (nSPS) is 23.1. The van der Waals surface area contributed by atoms with Crippen LogP contribution < -0.4 is 10.5 Å². The van der Waals surface area contributed by atoms with Gasteiger partial charge in [0.05, 0.1) is 5.75 Å². The van der Waals surface area contributed by atoms with Crippen LogP contribution in [0, 0.1) is 5.92 Å². The summed E-state index contributed by atoms with van der Waals surface area (Å²) in [6.45, 7) is 3.29. The minimum absolute atomic E-state index is 0.200. The van der Waals surface area contributed by atoms with Crippen LogP contribution in [0.1, 0.15) is 6.92 Å². The third kappa shape index (κ3) is 3.14. The number of rotatable bonds is 4. The Morgan fingerprint density at radius 3 is 2.61 bits per heavy atom. The molecule has 0 spiro atoms. The highest BCUT2D eigenvalue weighted by Crippen LogP contribution is 2.19. The number of nitrogens with two attached hydrogens (primary N) is 1. The van der Waals surface area contributed by atoms with E-state index < -0.39 is 10.0 Å². The summed E-state index contributed by atoms with van der Waals surface area (Å²) in [6.07, 6.45) is 0. The van der Waals surface area contributed by atoms with Gasteiger partial charge in [-0.1, -0.05) is 6.92 Å². The van der Waals surface area contributed by atoms with Gasteiger partial charge in [-0.15, -0.1) is 0 Å². The minimum atomic E-state index is -3.06. The van der Waals surface area contributed by atoms with Crippen molar-refractivity contribution in [2.45, 2.75) is 6.92 Å². The molecule has 1 fully saturated rings. The second kappa shape index (κ2) is 5.16. The Morgan fingerprint density at radius 1 is 1.39 bits per heavy atom. The van der Waals surface area contributed by atoms with Crippen molar-refractivity contribution in [1.29, 1.82) is 0 Å². The van der Waals surface area contributed by atoms with Crippen LogP contribution in [0.5, 0.6) is 5.75 Å². The van der Waals surface area contributed by atoms with Crippen LogP contribution in [0.25, 0.3) is 0 Å². The van der Waals surface area contributed by atoms with Crippen LogP contribution in [-0.2, 0) is 10.0 Å². The molecule has 18 heavy (non-hydrogen) atoms. The van der Waals surface area contributed by atoms with Crippen LogP contribution in [0.4, 0.5) is 5.69 Å². The van der Waals surface area contributed by atoms with E-state index in [1.165, 1.54) is 4.31 Å². The molecule has 0 aliphatic carbocycles. The van der Waals surface area contributed by atoms with Gasteiger partial charge in [0.15, 0.2) is 0 Å². The molecular weight excluding hydrogens is 252 g/mol. The second-order valence-electron chi connectivity index (χ2n) is 4.66. The summed E-state index contributed by atoms with van der Waals surface area (Å²) in [5.74, 6) is 1.15. The molecule has 1 aromatic rings. The van der Waals surface area contributed by atoms with E-state index in [0.717, 1.165) is 0 Å². The van der Waals surface area contributed by atoms with Crippen LogP contribution >= 0.6 is 0 Å². The molecule has 0 amide bonds. The number of ether oxygens (including phenoxy) is 1. The van der Waals surface area contributed by atoms with Gasteiger partial charge in [0.2, 0.25) is 10.0 Å². The van der Waals surface area contributed by atoms with Crippen LogP contribution in [0.15, 0.2) is 24.3 Å². The van der Waals surface area contributed by atoms with Crippen LogP contribution in [0.2, 0.25) is 0 Å². The molecule has 2 N–H and O–H groups in total. The smallest absolute Gasteiger partial charge is 0.214 e. The third-order valence-corrected chi connectivity index (χ3v) is 5.00. The fraction of sp³-hybridized carbons (Fsp3) is 0.500. The molecule has 0 radical (unpaired) electrons. The largest absolute Gasteiger partial charge is 0.492 e. The van der Waals surface area contributed by atoms with Crippen molar-refractivity contribution >= 4 is 15.7 Å². The molecule has 5 nitrogen and oxygen atoms in total. The van der Waals surface area contributed by atoms with Crippen molar-refractivity contribution in [2.75, 3.05) is 31.2 Å². The maximum Gasteiger partial charge on any atom is 0.214 e. The highest BCUT2D eigenvalue weighted by Gasteiger charge is 2.32. The number of nitrogen functional groups attached to an aromatic ring is 1. The lowest BCUT2D eigenvalue weighted by atomic mass is 10.2. The molecule has 1 atom stereocenters. The fourth-order valence-corrected chi connectivity index (χ4v) is 3.91. The first kappa shape index (κ1) is 13.2. The SMILES string of the molecule is CC1CN(CCOc2ccc(N)cc2)S(=O)(=O)C1. The van der Waals surface area contributed by atoms with Gasteiger partial charge >= 0.3 is 0 Å².